The number of amides is 2. The third-order valence-corrected chi connectivity index (χ3v) is 6.61. The van der Waals surface area contributed by atoms with Gasteiger partial charge in [-0.3, -0.25) is 9.59 Å². The summed E-state index contributed by atoms with van der Waals surface area (Å²) in [6.07, 6.45) is 0.755. The topological polar surface area (TPSA) is 69.6 Å². The van der Waals surface area contributed by atoms with Crippen LogP contribution < -0.4 is 4.90 Å². The van der Waals surface area contributed by atoms with Gasteiger partial charge in [0.2, 0.25) is 5.91 Å². The average molecular weight is 524 g/mol. The molecule has 0 unspecified atom stereocenters. The van der Waals surface area contributed by atoms with Crippen LogP contribution in [0.2, 0.25) is 5.02 Å². The summed E-state index contributed by atoms with van der Waals surface area (Å²) in [5.74, 6) is -0.324. The molecule has 1 aliphatic heterocycles. The van der Waals surface area contributed by atoms with Gasteiger partial charge in [-0.25, -0.2) is 4.39 Å². The highest BCUT2D eigenvalue weighted by Gasteiger charge is 2.26. The third kappa shape index (κ3) is 6.63. The monoisotopic (exact) mass is 523 g/mol. The Kier molecular flexibility index (Phi) is 8.71. The number of halogens is 2. The second-order valence-corrected chi connectivity index (χ2v) is 9.94. The fourth-order valence-corrected chi connectivity index (χ4v) is 4.66. The van der Waals surface area contributed by atoms with E-state index in [9.17, 15) is 14.0 Å². The summed E-state index contributed by atoms with van der Waals surface area (Å²) in [7, 11) is 0. The van der Waals surface area contributed by atoms with E-state index in [1.54, 1.807) is 17.0 Å². The van der Waals surface area contributed by atoms with Crippen molar-refractivity contribution in [3.05, 3.63) is 77.1 Å². The molecule has 1 aromatic heterocycles. The van der Waals surface area contributed by atoms with E-state index in [0.29, 0.717) is 36.9 Å². The highest BCUT2D eigenvalue weighted by Crippen LogP contribution is 2.26. The van der Waals surface area contributed by atoms with Crippen molar-refractivity contribution >= 4 is 29.2 Å². The molecule has 1 fully saturated rings. The number of rotatable bonds is 7. The molecular formula is C28H31ClFN5O2. The number of benzene rings is 2. The van der Waals surface area contributed by atoms with Gasteiger partial charge in [-0.05, 0) is 42.7 Å². The van der Waals surface area contributed by atoms with Gasteiger partial charge in [0.25, 0.3) is 5.91 Å². The Morgan fingerprint density at radius 1 is 0.973 bits per heavy atom. The Morgan fingerprint density at radius 2 is 1.73 bits per heavy atom. The summed E-state index contributed by atoms with van der Waals surface area (Å²) < 4.78 is 14.3. The molecule has 0 aliphatic carbocycles. The molecule has 2 aromatic carbocycles. The Morgan fingerprint density at radius 3 is 2.43 bits per heavy atom. The van der Waals surface area contributed by atoms with Crippen LogP contribution >= 0.6 is 11.6 Å². The Labute approximate surface area is 221 Å². The van der Waals surface area contributed by atoms with Crippen LogP contribution in [0.3, 0.4) is 0 Å². The van der Waals surface area contributed by atoms with Gasteiger partial charge in [-0.15, -0.1) is 10.2 Å². The molecule has 7 nitrogen and oxygen atoms in total. The van der Waals surface area contributed by atoms with E-state index in [1.807, 2.05) is 50.2 Å². The van der Waals surface area contributed by atoms with Gasteiger partial charge in [0.05, 0.1) is 16.3 Å². The number of anilines is 1. The zero-order chi connectivity index (χ0) is 26.4. The van der Waals surface area contributed by atoms with Gasteiger partial charge in [0.1, 0.15) is 12.4 Å². The van der Waals surface area contributed by atoms with E-state index in [2.05, 4.69) is 15.1 Å². The molecule has 0 bridgehead atoms. The molecule has 0 saturated carbocycles. The highest BCUT2D eigenvalue weighted by atomic mass is 35.5. The number of carbonyl (C=O) groups excluding carboxylic acids is 2. The Balaban J connectivity index is 1.40. The van der Waals surface area contributed by atoms with Gasteiger partial charge in [-0.2, -0.15) is 0 Å². The lowest BCUT2D eigenvalue weighted by molar-refractivity contribution is -0.131. The van der Waals surface area contributed by atoms with Crippen molar-refractivity contribution in [2.75, 3.05) is 44.2 Å². The third-order valence-electron chi connectivity index (χ3n) is 6.28. The molecule has 0 spiro atoms. The first-order valence-electron chi connectivity index (χ1n) is 12.5. The second kappa shape index (κ2) is 12.1. The smallest absolute Gasteiger partial charge is 0.257 e. The highest BCUT2D eigenvalue weighted by molar-refractivity contribution is 6.33. The number of aromatic nitrogens is 2. The van der Waals surface area contributed by atoms with Gasteiger partial charge >= 0.3 is 0 Å². The first-order valence-corrected chi connectivity index (χ1v) is 12.9. The van der Waals surface area contributed by atoms with E-state index in [0.717, 1.165) is 24.3 Å². The van der Waals surface area contributed by atoms with Crippen LogP contribution in [-0.2, 0) is 4.79 Å². The molecule has 4 rings (SSSR count). The summed E-state index contributed by atoms with van der Waals surface area (Å²) in [6, 6.07) is 17.2. The fraction of sp³-hybridized carbons (Fsp3) is 0.357. The molecule has 2 amide bonds. The molecule has 37 heavy (non-hydrogen) atoms. The molecule has 194 valence electrons. The summed E-state index contributed by atoms with van der Waals surface area (Å²) in [5, 5.41) is 9.38. The Hall–Kier alpha value is -3.52. The van der Waals surface area contributed by atoms with Crippen LogP contribution in [0.1, 0.15) is 30.6 Å². The Bertz CT molecular complexity index is 1240. The maximum atomic E-state index is 14.3. The fourth-order valence-electron chi connectivity index (χ4n) is 4.43. The van der Waals surface area contributed by atoms with Crippen LogP contribution in [-0.4, -0.2) is 71.1 Å². The van der Waals surface area contributed by atoms with Gasteiger partial charge in [0, 0.05) is 38.3 Å². The van der Waals surface area contributed by atoms with Crippen molar-refractivity contribution in [1.29, 1.82) is 0 Å². The normalized spacial score (nSPS) is 14.0. The van der Waals surface area contributed by atoms with Crippen molar-refractivity contribution in [3.63, 3.8) is 0 Å². The minimum Gasteiger partial charge on any atom is -0.353 e. The largest absolute Gasteiger partial charge is 0.353 e. The summed E-state index contributed by atoms with van der Waals surface area (Å²) >= 11 is 6.28. The van der Waals surface area contributed by atoms with Crippen LogP contribution in [0.4, 0.5) is 10.2 Å². The lowest BCUT2D eigenvalue weighted by atomic mass is 10.1. The molecule has 3 aromatic rings. The molecule has 1 aliphatic rings. The predicted molar refractivity (Wildman–Crippen MR) is 143 cm³/mol. The maximum Gasteiger partial charge on any atom is 0.257 e. The molecule has 1 saturated heterocycles. The van der Waals surface area contributed by atoms with Gasteiger partial charge < -0.3 is 14.7 Å². The molecule has 0 atom stereocenters. The van der Waals surface area contributed by atoms with Crippen LogP contribution in [0.25, 0.3) is 11.3 Å². The first kappa shape index (κ1) is 26.5. The molecule has 9 heteroatoms. The minimum atomic E-state index is -0.583. The van der Waals surface area contributed by atoms with E-state index in [-0.39, 0.29) is 23.9 Å². The number of nitrogens with zero attached hydrogens (tertiary/aromatic N) is 5. The van der Waals surface area contributed by atoms with Crippen molar-refractivity contribution < 1.29 is 14.0 Å². The zero-order valence-electron chi connectivity index (χ0n) is 21.1. The van der Waals surface area contributed by atoms with E-state index in [1.165, 1.54) is 17.0 Å². The maximum absolute atomic E-state index is 14.3. The summed E-state index contributed by atoms with van der Waals surface area (Å²) in [5.41, 5.74) is 1.51. The molecular weight excluding hydrogens is 493 g/mol. The lowest BCUT2D eigenvalue weighted by Gasteiger charge is -2.28. The van der Waals surface area contributed by atoms with E-state index in [4.69, 9.17) is 11.6 Å². The van der Waals surface area contributed by atoms with Crippen molar-refractivity contribution in [1.82, 2.24) is 20.0 Å². The second-order valence-electron chi connectivity index (χ2n) is 9.54. The van der Waals surface area contributed by atoms with Crippen LogP contribution in [0, 0.1) is 11.7 Å². The van der Waals surface area contributed by atoms with Crippen molar-refractivity contribution in [2.45, 2.75) is 20.3 Å². The van der Waals surface area contributed by atoms with Gasteiger partial charge in [0.15, 0.2) is 5.82 Å². The van der Waals surface area contributed by atoms with Crippen molar-refractivity contribution in [3.8, 4) is 11.3 Å². The van der Waals surface area contributed by atoms with Crippen molar-refractivity contribution in [2.24, 2.45) is 5.92 Å². The average Bonchev–Trinajstić information content (AvgIpc) is 3.15. The number of hydrogen-bond donors (Lipinski definition) is 0. The zero-order valence-corrected chi connectivity index (χ0v) is 21.9. The molecule has 0 N–H and O–H groups in total. The SMILES string of the molecule is CC(C)CN(CC(=O)N1CCCN(c2ccc(-c3ccccc3Cl)nn2)CC1)C(=O)c1ccccc1F. The quantitative estimate of drug-likeness (QED) is 0.446. The summed E-state index contributed by atoms with van der Waals surface area (Å²) in [4.78, 5) is 31.6. The lowest BCUT2D eigenvalue weighted by Crippen LogP contribution is -2.45. The van der Waals surface area contributed by atoms with Crippen LogP contribution in [0.15, 0.2) is 60.7 Å². The molecule has 2 heterocycles. The van der Waals surface area contributed by atoms with Crippen LogP contribution in [0.5, 0.6) is 0 Å². The van der Waals surface area contributed by atoms with Gasteiger partial charge in [-0.1, -0.05) is 55.8 Å². The van der Waals surface area contributed by atoms with E-state index < -0.39 is 11.7 Å². The predicted octanol–water partition coefficient (Wildman–Crippen LogP) is 4.77. The first-order chi connectivity index (χ1) is 17.8. The molecule has 0 radical (unpaired) electrons. The summed E-state index contributed by atoms with van der Waals surface area (Å²) in [6.45, 7) is 6.61. The number of hydrogen-bond acceptors (Lipinski definition) is 5. The number of carbonyl (C=O) groups is 2. The van der Waals surface area contributed by atoms with E-state index >= 15 is 0 Å². The standard InChI is InChI=1S/C28H31ClFN5O2/c1-20(2)18-35(28(37)22-9-4-6-11-24(22)30)19-27(36)34-15-7-14-33(16-17-34)26-13-12-25(31-32-26)21-8-3-5-10-23(21)29/h3-6,8-13,20H,7,14-19H2,1-2H3. The minimum absolute atomic E-state index is 0.0168.